The number of pyridine rings is 1. The molecule has 3 aromatic rings. The van der Waals surface area contributed by atoms with E-state index in [4.69, 9.17) is 0 Å². The van der Waals surface area contributed by atoms with Crippen LogP contribution in [-0.2, 0) is 6.54 Å². The van der Waals surface area contributed by atoms with Crippen molar-refractivity contribution in [2.45, 2.75) is 6.54 Å². The predicted octanol–water partition coefficient (Wildman–Crippen LogP) is 3.05. The van der Waals surface area contributed by atoms with Crippen molar-refractivity contribution in [3.63, 3.8) is 0 Å². The Kier molecular flexibility index (Phi) is 4.98. The van der Waals surface area contributed by atoms with Crippen molar-refractivity contribution in [2.24, 2.45) is 0 Å². The van der Waals surface area contributed by atoms with Gasteiger partial charge in [-0.2, -0.15) is 5.10 Å². The van der Waals surface area contributed by atoms with E-state index >= 15 is 0 Å². The van der Waals surface area contributed by atoms with Crippen molar-refractivity contribution < 1.29 is 13.6 Å². The lowest BCUT2D eigenvalue weighted by Gasteiger charge is -2.09. The van der Waals surface area contributed by atoms with Crippen LogP contribution in [-0.4, -0.2) is 27.3 Å². The van der Waals surface area contributed by atoms with E-state index in [1.165, 1.54) is 6.07 Å². The van der Waals surface area contributed by atoms with E-state index in [2.05, 4.69) is 20.7 Å². The smallest absolute Gasteiger partial charge is 0.319 e. The molecule has 0 aliphatic rings. The lowest BCUT2D eigenvalue weighted by molar-refractivity contribution is 0.251. The molecule has 2 heterocycles. The number of hydrogen-bond acceptors (Lipinski definition) is 3. The summed E-state index contributed by atoms with van der Waals surface area (Å²) in [7, 11) is 0. The zero-order valence-electron chi connectivity index (χ0n) is 13.1. The summed E-state index contributed by atoms with van der Waals surface area (Å²) >= 11 is 0. The third-order valence-corrected chi connectivity index (χ3v) is 3.47. The number of nitrogens with zero attached hydrogens (tertiary/aromatic N) is 3. The van der Waals surface area contributed by atoms with Gasteiger partial charge < -0.3 is 10.6 Å². The number of anilines is 1. The molecular weight excluding hydrogens is 328 g/mol. The van der Waals surface area contributed by atoms with Crippen molar-refractivity contribution in [2.75, 3.05) is 11.9 Å². The van der Waals surface area contributed by atoms with E-state index in [-0.39, 0.29) is 6.54 Å². The van der Waals surface area contributed by atoms with Crippen molar-refractivity contribution in [3.8, 4) is 11.1 Å². The van der Waals surface area contributed by atoms with E-state index in [0.29, 0.717) is 6.54 Å². The molecule has 0 aliphatic carbocycles. The Morgan fingerprint density at radius 2 is 1.80 bits per heavy atom. The number of nitrogens with one attached hydrogen (secondary N) is 2. The first-order valence-corrected chi connectivity index (χ1v) is 7.55. The normalized spacial score (nSPS) is 10.5. The van der Waals surface area contributed by atoms with Crippen molar-refractivity contribution in [3.05, 3.63) is 66.8 Å². The molecule has 0 fully saturated rings. The molecule has 0 spiro atoms. The van der Waals surface area contributed by atoms with Crippen LogP contribution in [0, 0.1) is 11.6 Å². The summed E-state index contributed by atoms with van der Waals surface area (Å²) in [6.45, 7) is 0.664. The van der Waals surface area contributed by atoms with E-state index in [1.54, 1.807) is 23.3 Å². The standard InChI is InChI=1S/C17H15F2N5O/c18-14-2-1-3-15(19)16(14)23-17(25)21-8-9-24-11-13(10-22-24)12-4-6-20-7-5-12/h1-7,10-11H,8-9H2,(H2,21,23,25). The van der Waals surface area contributed by atoms with Crippen LogP contribution >= 0.6 is 0 Å². The summed E-state index contributed by atoms with van der Waals surface area (Å²) in [6.07, 6.45) is 6.94. The number of hydrogen-bond donors (Lipinski definition) is 2. The summed E-state index contributed by atoms with van der Waals surface area (Å²) in [4.78, 5) is 15.7. The van der Waals surface area contributed by atoms with Gasteiger partial charge in [-0.15, -0.1) is 0 Å². The molecule has 128 valence electrons. The highest BCUT2D eigenvalue weighted by atomic mass is 19.1. The Morgan fingerprint density at radius 1 is 1.08 bits per heavy atom. The fourth-order valence-electron chi connectivity index (χ4n) is 2.24. The Balaban J connectivity index is 1.51. The molecule has 2 aromatic heterocycles. The topological polar surface area (TPSA) is 71.8 Å². The second kappa shape index (κ2) is 7.52. The lowest BCUT2D eigenvalue weighted by Crippen LogP contribution is -2.32. The lowest BCUT2D eigenvalue weighted by atomic mass is 10.1. The molecule has 0 unspecified atom stereocenters. The zero-order chi connectivity index (χ0) is 17.6. The van der Waals surface area contributed by atoms with Gasteiger partial charge in [-0.25, -0.2) is 13.6 Å². The van der Waals surface area contributed by atoms with Gasteiger partial charge in [-0.1, -0.05) is 6.07 Å². The second-order valence-electron chi connectivity index (χ2n) is 5.21. The van der Waals surface area contributed by atoms with Crippen molar-refractivity contribution in [1.29, 1.82) is 0 Å². The molecule has 2 N–H and O–H groups in total. The highest BCUT2D eigenvalue weighted by Gasteiger charge is 2.11. The third-order valence-electron chi connectivity index (χ3n) is 3.47. The van der Waals surface area contributed by atoms with E-state index in [0.717, 1.165) is 23.3 Å². The second-order valence-corrected chi connectivity index (χ2v) is 5.21. The van der Waals surface area contributed by atoms with Gasteiger partial charge in [0, 0.05) is 30.7 Å². The minimum absolute atomic E-state index is 0.249. The summed E-state index contributed by atoms with van der Waals surface area (Å²) in [6, 6.07) is 6.43. The number of rotatable bonds is 5. The number of benzene rings is 1. The molecule has 25 heavy (non-hydrogen) atoms. The highest BCUT2D eigenvalue weighted by molar-refractivity contribution is 5.89. The number of urea groups is 1. The average Bonchev–Trinajstić information content (AvgIpc) is 3.08. The van der Waals surface area contributed by atoms with E-state index in [1.807, 2.05) is 18.3 Å². The minimum atomic E-state index is -0.829. The van der Waals surface area contributed by atoms with Crippen molar-refractivity contribution in [1.82, 2.24) is 20.1 Å². The quantitative estimate of drug-likeness (QED) is 0.748. The van der Waals surface area contributed by atoms with Gasteiger partial charge in [0.25, 0.3) is 0 Å². The average molecular weight is 343 g/mol. The SMILES string of the molecule is O=C(NCCn1cc(-c2ccncc2)cn1)Nc1c(F)cccc1F. The molecule has 6 nitrogen and oxygen atoms in total. The maximum absolute atomic E-state index is 13.5. The molecule has 0 radical (unpaired) electrons. The van der Waals surface area contributed by atoms with Gasteiger partial charge >= 0.3 is 6.03 Å². The van der Waals surface area contributed by atoms with Crippen LogP contribution in [0.1, 0.15) is 0 Å². The number of halogens is 2. The van der Waals surface area contributed by atoms with Gasteiger partial charge in [0.15, 0.2) is 0 Å². The van der Waals surface area contributed by atoms with Crippen LogP contribution in [0.4, 0.5) is 19.3 Å². The first kappa shape index (κ1) is 16.6. The first-order chi connectivity index (χ1) is 12.1. The first-order valence-electron chi connectivity index (χ1n) is 7.55. The Hall–Kier alpha value is -3.29. The molecule has 3 rings (SSSR count). The number of amides is 2. The zero-order valence-corrected chi connectivity index (χ0v) is 13.1. The summed E-state index contributed by atoms with van der Waals surface area (Å²) < 4.78 is 28.6. The van der Waals surface area contributed by atoms with Gasteiger partial charge in [0.05, 0.1) is 12.7 Å². The highest BCUT2D eigenvalue weighted by Crippen LogP contribution is 2.18. The van der Waals surface area contributed by atoms with Crippen LogP contribution in [0.25, 0.3) is 11.1 Å². The summed E-state index contributed by atoms with van der Waals surface area (Å²) in [5.74, 6) is -1.66. The molecule has 0 bridgehead atoms. The molecule has 0 atom stereocenters. The monoisotopic (exact) mass is 343 g/mol. The molecule has 0 saturated carbocycles. The molecule has 8 heteroatoms. The fourth-order valence-corrected chi connectivity index (χ4v) is 2.24. The Bertz CT molecular complexity index is 846. The van der Waals surface area contributed by atoms with Gasteiger partial charge in [0.1, 0.15) is 17.3 Å². The van der Waals surface area contributed by atoms with Gasteiger partial charge in [0.2, 0.25) is 0 Å². The predicted molar refractivity (Wildman–Crippen MR) is 88.8 cm³/mol. The molecule has 2 amide bonds. The number of para-hydroxylation sites is 1. The molecule has 1 aromatic carbocycles. The number of carbonyl (C=O) groups is 1. The van der Waals surface area contributed by atoms with Crippen LogP contribution in [0.5, 0.6) is 0 Å². The van der Waals surface area contributed by atoms with Crippen LogP contribution < -0.4 is 10.6 Å². The van der Waals surface area contributed by atoms with Crippen LogP contribution in [0.15, 0.2) is 55.1 Å². The van der Waals surface area contributed by atoms with Gasteiger partial charge in [-0.05, 0) is 29.8 Å². The molecule has 0 aliphatic heterocycles. The Labute approximate surface area is 142 Å². The van der Waals surface area contributed by atoms with E-state index < -0.39 is 23.4 Å². The molecule has 0 saturated heterocycles. The summed E-state index contributed by atoms with van der Waals surface area (Å²) in [5.41, 5.74) is 1.45. The molecular formula is C17H15F2N5O. The third kappa shape index (κ3) is 4.17. The van der Waals surface area contributed by atoms with Crippen LogP contribution in [0.3, 0.4) is 0 Å². The number of aromatic nitrogens is 3. The number of carbonyl (C=O) groups excluding carboxylic acids is 1. The van der Waals surface area contributed by atoms with Crippen LogP contribution in [0.2, 0.25) is 0 Å². The summed E-state index contributed by atoms with van der Waals surface area (Å²) in [5, 5.41) is 8.89. The van der Waals surface area contributed by atoms with E-state index in [9.17, 15) is 13.6 Å². The van der Waals surface area contributed by atoms with Crippen molar-refractivity contribution >= 4 is 11.7 Å². The largest absolute Gasteiger partial charge is 0.336 e. The Morgan fingerprint density at radius 3 is 2.52 bits per heavy atom. The minimum Gasteiger partial charge on any atom is -0.336 e. The maximum Gasteiger partial charge on any atom is 0.319 e. The maximum atomic E-state index is 13.5. The van der Waals surface area contributed by atoms with Gasteiger partial charge in [-0.3, -0.25) is 9.67 Å². The fraction of sp³-hybridized carbons (Fsp3) is 0.118.